The Morgan fingerprint density at radius 2 is 2.27 bits per heavy atom. The third kappa shape index (κ3) is 2.37. The van der Waals surface area contributed by atoms with E-state index in [1.54, 1.807) is 6.20 Å². The minimum absolute atomic E-state index is 0.365. The summed E-state index contributed by atoms with van der Waals surface area (Å²) in [5, 5.41) is 0. The molecule has 0 saturated carbocycles. The van der Waals surface area contributed by atoms with Crippen molar-refractivity contribution in [3.05, 3.63) is 12.3 Å². The molecule has 1 aromatic rings. The molecule has 1 saturated heterocycles. The zero-order chi connectivity index (χ0) is 10.7. The van der Waals surface area contributed by atoms with Crippen molar-refractivity contribution in [2.45, 2.75) is 38.6 Å². The maximum atomic E-state index is 5.60. The normalized spacial score (nSPS) is 22.5. The highest BCUT2D eigenvalue weighted by Gasteiger charge is 2.18. The van der Waals surface area contributed by atoms with Crippen LogP contribution in [0.4, 0.5) is 11.8 Å². The van der Waals surface area contributed by atoms with E-state index in [4.69, 9.17) is 5.73 Å². The first-order valence-corrected chi connectivity index (χ1v) is 5.62. The molecule has 1 unspecified atom stereocenters. The van der Waals surface area contributed by atoms with Gasteiger partial charge in [0.1, 0.15) is 5.82 Å². The van der Waals surface area contributed by atoms with Gasteiger partial charge in [0.05, 0.1) is 0 Å². The van der Waals surface area contributed by atoms with Gasteiger partial charge in [-0.15, -0.1) is 0 Å². The molecule has 0 spiro atoms. The van der Waals surface area contributed by atoms with E-state index in [9.17, 15) is 0 Å². The lowest BCUT2D eigenvalue weighted by atomic mass is 10.1. The molecule has 1 atom stereocenters. The maximum absolute atomic E-state index is 5.60. The number of aromatic nitrogens is 2. The van der Waals surface area contributed by atoms with Crippen molar-refractivity contribution in [1.82, 2.24) is 9.97 Å². The van der Waals surface area contributed by atoms with Gasteiger partial charge in [-0.05, 0) is 25.8 Å². The van der Waals surface area contributed by atoms with Gasteiger partial charge in [-0.1, -0.05) is 12.8 Å². The summed E-state index contributed by atoms with van der Waals surface area (Å²) in [6.45, 7) is 3.33. The zero-order valence-electron chi connectivity index (χ0n) is 9.19. The Kier molecular flexibility index (Phi) is 3.04. The average molecular weight is 206 g/mol. The first-order valence-electron chi connectivity index (χ1n) is 5.62. The molecule has 4 nitrogen and oxygen atoms in total. The predicted molar refractivity (Wildman–Crippen MR) is 61.7 cm³/mol. The van der Waals surface area contributed by atoms with Gasteiger partial charge in [0.25, 0.3) is 0 Å². The van der Waals surface area contributed by atoms with Crippen LogP contribution in [0.2, 0.25) is 0 Å². The van der Waals surface area contributed by atoms with Gasteiger partial charge in [0.15, 0.2) is 0 Å². The minimum atomic E-state index is 0.365. The molecule has 4 heteroatoms. The summed E-state index contributed by atoms with van der Waals surface area (Å²) in [5.41, 5.74) is 5.60. The van der Waals surface area contributed by atoms with Crippen LogP contribution >= 0.6 is 0 Å². The highest BCUT2D eigenvalue weighted by Crippen LogP contribution is 2.22. The number of nitrogens with two attached hydrogens (primary N) is 1. The van der Waals surface area contributed by atoms with Gasteiger partial charge in [-0.3, -0.25) is 0 Å². The fourth-order valence-electron chi connectivity index (χ4n) is 2.14. The van der Waals surface area contributed by atoms with E-state index in [0.717, 1.165) is 12.4 Å². The molecule has 1 aliphatic rings. The number of nitrogens with zero attached hydrogens (tertiary/aromatic N) is 3. The first kappa shape index (κ1) is 10.2. The van der Waals surface area contributed by atoms with Crippen molar-refractivity contribution in [2.24, 2.45) is 0 Å². The molecule has 0 radical (unpaired) electrons. The summed E-state index contributed by atoms with van der Waals surface area (Å²) in [6.07, 6.45) is 6.85. The molecular weight excluding hydrogens is 188 g/mol. The number of hydrogen-bond acceptors (Lipinski definition) is 4. The van der Waals surface area contributed by atoms with E-state index in [2.05, 4.69) is 21.8 Å². The van der Waals surface area contributed by atoms with Crippen LogP contribution in [0, 0.1) is 0 Å². The Hall–Kier alpha value is -1.32. The van der Waals surface area contributed by atoms with E-state index in [1.807, 2.05) is 6.07 Å². The van der Waals surface area contributed by atoms with E-state index in [1.165, 1.54) is 25.7 Å². The van der Waals surface area contributed by atoms with Gasteiger partial charge in [0, 0.05) is 18.8 Å². The Bertz CT molecular complexity index is 326. The summed E-state index contributed by atoms with van der Waals surface area (Å²) >= 11 is 0. The van der Waals surface area contributed by atoms with Crippen LogP contribution in [0.1, 0.15) is 32.6 Å². The average Bonchev–Trinajstić information content (AvgIpc) is 2.43. The van der Waals surface area contributed by atoms with Crippen LogP contribution < -0.4 is 10.6 Å². The molecule has 0 aromatic carbocycles. The van der Waals surface area contributed by atoms with E-state index in [0.29, 0.717) is 12.0 Å². The SMILES string of the molecule is CC1CCCCCN1c1ccnc(N)n1. The number of hydrogen-bond donors (Lipinski definition) is 1. The molecule has 0 amide bonds. The fourth-order valence-corrected chi connectivity index (χ4v) is 2.14. The van der Waals surface area contributed by atoms with Crippen LogP contribution in [0.5, 0.6) is 0 Å². The lowest BCUT2D eigenvalue weighted by molar-refractivity contribution is 0.611. The van der Waals surface area contributed by atoms with Crippen LogP contribution in [0.3, 0.4) is 0 Å². The highest BCUT2D eigenvalue weighted by atomic mass is 15.2. The fraction of sp³-hybridized carbons (Fsp3) is 0.636. The molecular formula is C11H18N4. The summed E-state index contributed by atoms with van der Waals surface area (Å²) in [4.78, 5) is 10.5. The number of anilines is 2. The van der Waals surface area contributed by atoms with E-state index in [-0.39, 0.29) is 0 Å². The summed E-state index contributed by atoms with van der Waals surface area (Å²) in [6, 6.07) is 2.50. The second kappa shape index (κ2) is 4.47. The summed E-state index contributed by atoms with van der Waals surface area (Å²) < 4.78 is 0. The van der Waals surface area contributed by atoms with Gasteiger partial charge in [0.2, 0.25) is 5.95 Å². The number of nitrogen functional groups attached to an aromatic ring is 1. The summed E-state index contributed by atoms with van der Waals surface area (Å²) in [7, 11) is 0. The zero-order valence-corrected chi connectivity index (χ0v) is 9.19. The lowest BCUT2D eigenvalue weighted by Gasteiger charge is -2.28. The predicted octanol–water partition coefficient (Wildman–Crippen LogP) is 1.83. The highest BCUT2D eigenvalue weighted by molar-refractivity contribution is 5.42. The van der Waals surface area contributed by atoms with E-state index < -0.39 is 0 Å². The minimum Gasteiger partial charge on any atom is -0.368 e. The topological polar surface area (TPSA) is 55.0 Å². The quantitative estimate of drug-likeness (QED) is 0.761. The molecule has 1 aromatic heterocycles. The summed E-state index contributed by atoms with van der Waals surface area (Å²) in [5.74, 6) is 1.33. The largest absolute Gasteiger partial charge is 0.368 e. The number of rotatable bonds is 1. The molecule has 82 valence electrons. The Labute approximate surface area is 90.5 Å². The van der Waals surface area contributed by atoms with Gasteiger partial charge in [-0.2, -0.15) is 4.98 Å². The van der Waals surface area contributed by atoms with Crippen LogP contribution in [-0.2, 0) is 0 Å². The molecule has 0 aliphatic carbocycles. The lowest BCUT2D eigenvalue weighted by Crippen LogP contribution is -2.33. The molecule has 2 heterocycles. The van der Waals surface area contributed by atoms with Crippen molar-refractivity contribution < 1.29 is 0 Å². The van der Waals surface area contributed by atoms with Gasteiger partial charge >= 0.3 is 0 Å². The molecule has 15 heavy (non-hydrogen) atoms. The van der Waals surface area contributed by atoms with Crippen molar-refractivity contribution in [3.63, 3.8) is 0 Å². The molecule has 1 aliphatic heterocycles. The standard InChI is InChI=1S/C11H18N4/c1-9-5-3-2-4-8-15(9)10-6-7-13-11(12)14-10/h6-7,9H,2-5,8H2,1H3,(H2,12,13,14). The Morgan fingerprint density at radius 3 is 3.07 bits per heavy atom. The first-order chi connectivity index (χ1) is 7.27. The van der Waals surface area contributed by atoms with Gasteiger partial charge < -0.3 is 10.6 Å². The Morgan fingerprint density at radius 1 is 1.40 bits per heavy atom. The van der Waals surface area contributed by atoms with Gasteiger partial charge in [-0.25, -0.2) is 4.98 Å². The maximum Gasteiger partial charge on any atom is 0.221 e. The van der Waals surface area contributed by atoms with Crippen LogP contribution in [0.15, 0.2) is 12.3 Å². The third-order valence-corrected chi connectivity index (χ3v) is 3.01. The van der Waals surface area contributed by atoms with Crippen molar-refractivity contribution in [3.8, 4) is 0 Å². The molecule has 1 fully saturated rings. The van der Waals surface area contributed by atoms with Crippen LogP contribution in [0.25, 0.3) is 0 Å². The van der Waals surface area contributed by atoms with Crippen molar-refractivity contribution >= 4 is 11.8 Å². The second-order valence-corrected chi connectivity index (χ2v) is 4.16. The second-order valence-electron chi connectivity index (χ2n) is 4.16. The molecule has 0 bridgehead atoms. The Balaban J connectivity index is 2.20. The third-order valence-electron chi connectivity index (χ3n) is 3.01. The van der Waals surface area contributed by atoms with Crippen molar-refractivity contribution in [2.75, 3.05) is 17.2 Å². The molecule has 2 rings (SSSR count). The van der Waals surface area contributed by atoms with Crippen LogP contribution in [-0.4, -0.2) is 22.6 Å². The van der Waals surface area contributed by atoms with Crippen molar-refractivity contribution in [1.29, 1.82) is 0 Å². The molecule has 2 N–H and O–H groups in total. The van der Waals surface area contributed by atoms with E-state index >= 15 is 0 Å². The monoisotopic (exact) mass is 206 g/mol. The smallest absolute Gasteiger partial charge is 0.221 e.